The van der Waals surface area contributed by atoms with Crippen LogP contribution in [0.4, 0.5) is 0 Å². The van der Waals surface area contributed by atoms with Crippen molar-refractivity contribution in [1.29, 1.82) is 0 Å². The second-order valence-corrected chi connectivity index (χ2v) is 5.65. The van der Waals surface area contributed by atoms with Crippen molar-refractivity contribution in [2.24, 2.45) is 0 Å². The molecule has 1 fully saturated rings. The summed E-state index contributed by atoms with van der Waals surface area (Å²) < 4.78 is 0. The Balaban J connectivity index is 2.00. The molecule has 1 aromatic carbocycles. The van der Waals surface area contributed by atoms with E-state index in [-0.39, 0.29) is 11.7 Å². The average molecular weight is 273 g/mol. The maximum Gasteiger partial charge on any atom is 0.223 e. The van der Waals surface area contributed by atoms with Crippen molar-refractivity contribution in [1.82, 2.24) is 4.90 Å². The molecule has 1 unspecified atom stereocenters. The van der Waals surface area contributed by atoms with Crippen molar-refractivity contribution in [3.8, 4) is 0 Å². The van der Waals surface area contributed by atoms with Gasteiger partial charge in [-0.15, -0.1) is 0 Å². The molecule has 0 saturated carbocycles. The van der Waals surface area contributed by atoms with Crippen LogP contribution in [0.3, 0.4) is 0 Å². The number of benzene rings is 1. The van der Waals surface area contributed by atoms with E-state index in [1.54, 1.807) is 6.92 Å². The van der Waals surface area contributed by atoms with E-state index in [0.717, 1.165) is 32.4 Å². The van der Waals surface area contributed by atoms with Gasteiger partial charge in [-0.1, -0.05) is 36.8 Å². The van der Waals surface area contributed by atoms with E-state index in [4.69, 9.17) is 0 Å². The number of Topliss-reactive ketones (excluding diaryl/α,β-unsaturated/α-hetero) is 1. The third-order valence-corrected chi connectivity index (χ3v) is 3.99. The van der Waals surface area contributed by atoms with Gasteiger partial charge in [0, 0.05) is 31.8 Å². The largest absolute Gasteiger partial charge is 0.342 e. The highest BCUT2D eigenvalue weighted by Crippen LogP contribution is 2.26. The second-order valence-electron chi connectivity index (χ2n) is 5.65. The number of hydrogen-bond donors (Lipinski definition) is 0. The van der Waals surface area contributed by atoms with Crippen LogP contribution in [0.15, 0.2) is 30.3 Å². The summed E-state index contributed by atoms with van der Waals surface area (Å²) in [6.07, 6.45) is 4.09. The second kappa shape index (κ2) is 7.22. The summed E-state index contributed by atoms with van der Waals surface area (Å²) in [6, 6.07) is 10.4. The molecule has 2 rings (SSSR count). The topological polar surface area (TPSA) is 37.4 Å². The van der Waals surface area contributed by atoms with Gasteiger partial charge in [-0.25, -0.2) is 0 Å². The monoisotopic (exact) mass is 273 g/mol. The molecule has 108 valence electrons. The van der Waals surface area contributed by atoms with Crippen molar-refractivity contribution in [3.63, 3.8) is 0 Å². The molecule has 1 aliphatic heterocycles. The molecule has 3 nitrogen and oxygen atoms in total. The normalized spacial score (nSPS) is 19.4. The molecule has 1 aliphatic rings. The zero-order chi connectivity index (χ0) is 14.4. The lowest BCUT2D eigenvalue weighted by atomic mass is 9.94. The molecule has 1 amide bonds. The van der Waals surface area contributed by atoms with Crippen LogP contribution in [0.1, 0.15) is 50.5 Å². The Morgan fingerprint density at radius 3 is 2.60 bits per heavy atom. The van der Waals surface area contributed by atoms with Gasteiger partial charge >= 0.3 is 0 Å². The maximum atomic E-state index is 12.2. The molecule has 3 heteroatoms. The van der Waals surface area contributed by atoms with Gasteiger partial charge in [0.25, 0.3) is 0 Å². The van der Waals surface area contributed by atoms with Crippen LogP contribution in [0.25, 0.3) is 0 Å². The van der Waals surface area contributed by atoms with E-state index < -0.39 is 0 Å². The molecule has 0 radical (unpaired) electrons. The molecule has 0 N–H and O–H groups in total. The predicted molar refractivity (Wildman–Crippen MR) is 79.5 cm³/mol. The first-order valence-corrected chi connectivity index (χ1v) is 7.49. The Labute approximate surface area is 121 Å². The van der Waals surface area contributed by atoms with Crippen molar-refractivity contribution in [2.75, 3.05) is 13.1 Å². The average Bonchev–Trinajstić information content (AvgIpc) is 2.71. The lowest BCUT2D eigenvalue weighted by Gasteiger charge is -2.24. The molecule has 1 aromatic rings. The zero-order valence-corrected chi connectivity index (χ0v) is 12.2. The molecule has 0 bridgehead atoms. The summed E-state index contributed by atoms with van der Waals surface area (Å²) in [5, 5.41) is 0. The summed E-state index contributed by atoms with van der Waals surface area (Å²) in [7, 11) is 0. The maximum absolute atomic E-state index is 12.2. The highest BCUT2D eigenvalue weighted by Gasteiger charge is 2.22. The standard InChI is InChI=1S/C17H23NO2/c1-14(19)10-11-17(20)18-12-6-5-9-16(13-18)15-7-3-2-4-8-15/h2-4,7-8,16H,5-6,9-13H2,1H3. The number of ketones is 1. The molecule has 1 atom stereocenters. The fraction of sp³-hybridized carbons (Fsp3) is 0.529. The summed E-state index contributed by atoms with van der Waals surface area (Å²) in [5.41, 5.74) is 1.32. The smallest absolute Gasteiger partial charge is 0.223 e. The van der Waals surface area contributed by atoms with Gasteiger partial charge in [0.15, 0.2) is 0 Å². The van der Waals surface area contributed by atoms with Crippen LogP contribution in [0.2, 0.25) is 0 Å². The van der Waals surface area contributed by atoms with E-state index in [0.29, 0.717) is 18.8 Å². The number of hydrogen-bond acceptors (Lipinski definition) is 2. The van der Waals surface area contributed by atoms with Gasteiger partial charge in [0.2, 0.25) is 5.91 Å². The quantitative estimate of drug-likeness (QED) is 0.845. The lowest BCUT2D eigenvalue weighted by Crippen LogP contribution is -2.34. The SMILES string of the molecule is CC(=O)CCC(=O)N1CCCCC(c2ccccc2)C1. The lowest BCUT2D eigenvalue weighted by molar-refractivity contribution is -0.133. The Hall–Kier alpha value is -1.64. The first kappa shape index (κ1) is 14.8. The number of rotatable bonds is 4. The zero-order valence-electron chi connectivity index (χ0n) is 12.2. The summed E-state index contributed by atoms with van der Waals surface area (Å²) in [6.45, 7) is 3.17. The van der Waals surface area contributed by atoms with Crippen LogP contribution in [0, 0.1) is 0 Å². The highest BCUT2D eigenvalue weighted by molar-refractivity contribution is 5.83. The number of nitrogens with zero attached hydrogens (tertiary/aromatic N) is 1. The number of likely N-dealkylation sites (tertiary alicyclic amines) is 1. The molecule has 20 heavy (non-hydrogen) atoms. The Bertz CT molecular complexity index is 455. The molecule has 0 spiro atoms. The molecule has 1 heterocycles. The molecule has 0 aromatic heterocycles. The summed E-state index contributed by atoms with van der Waals surface area (Å²) >= 11 is 0. The molecular weight excluding hydrogens is 250 g/mol. The van der Waals surface area contributed by atoms with Gasteiger partial charge in [-0.2, -0.15) is 0 Å². The fourth-order valence-electron chi connectivity index (χ4n) is 2.81. The van der Waals surface area contributed by atoms with E-state index in [2.05, 4.69) is 24.3 Å². The van der Waals surface area contributed by atoms with Crippen molar-refractivity contribution < 1.29 is 9.59 Å². The van der Waals surface area contributed by atoms with E-state index in [1.807, 2.05) is 11.0 Å². The first-order chi connectivity index (χ1) is 9.66. The highest BCUT2D eigenvalue weighted by atomic mass is 16.2. The van der Waals surface area contributed by atoms with Gasteiger partial charge in [-0.3, -0.25) is 4.79 Å². The van der Waals surface area contributed by atoms with Crippen LogP contribution >= 0.6 is 0 Å². The van der Waals surface area contributed by atoms with E-state index in [1.165, 1.54) is 5.56 Å². The van der Waals surface area contributed by atoms with Crippen LogP contribution < -0.4 is 0 Å². The van der Waals surface area contributed by atoms with Crippen LogP contribution in [-0.2, 0) is 9.59 Å². The van der Waals surface area contributed by atoms with Crippen molar-refractivity contribution in [3.05, 3.63) is 35.9 Å². The third kappa shape index (κ3) is 4.19. The minimum atomic E-state index is 0.0905. The molecule has 0 aliphatic carbocycles. The Morgan fingerprint density at radius 2 is 1.90 bits per heavy atom. The predicted octanol–water partition coefficient (Wildman–Crippen LogP) is 3.15. The number of carbonyl (C=O) groups is 2. The summed E-state index contributed by atoms with van der Waals surface area (Å²) in [4.78, 5) is 25.2. The Kier molecular flexibility index (Phi) is 5.33. The van der Waals surface area contributed by atoms with Crippen molar-refractivity contribution >= 4 is 11.7 Å². The van der Waals surface area contributed by atoms with Gasteiger partial charge < -0.3 is 9.69 Å². The van der Waals surface area contributed by atoms with Gasteiger partial charge in [0.1, 0.15) is 5.78 Å². The minimum absolute atomic E-state index is 0.0905. The number of amides is 1. The fourth-order valence-corrected chi connectivity index (χ4v) is 2.81. The van der Waals surface area contributed by atoms with Gasteiger partial charge in [0.05, 0.1) is 0 Å². The number of carbonyl (C=O) groups excluding carboxylic acids is 2. The summed E-state index contributed by atoms with van der Waals surface area (Å²) in [5.74, 6) is 0.649. The molecular formula is C17H23NO2. The van der Waals surface area contributed by atoms with Crippen molar-refractivity contribution in [2.45, 2.75) is 44.9 Å². The van der Waals surface area contributed by atoms with E-state index >= 15 is 0 Å². The first-order valence-electron chi connectivity index (χ1n) is 7.49. The molecule has 1 saturated heterocycles. The third-order valence-electron chi connectivity index (χ3n) is 3.99. The van der Waals surface area contributed by atoms with E-state index in [9.17, 15) is 9.59 Å². The van der Waals surface area contributed by atoms with Gasteiger partial charge in [-0.05, 0) is 25.3 Å². The Morgan fingerprint density at radius 1 is 1.15 bits per heavy atom. The minimum Gasteiger partial charge on any atom is -0.342 e. The van der Waals surface area contributed by atoms with Crippen LogP contribution in [0.5, 0.6) is 0 Å². The van der Waals surface area contributed by atoms with Crippen LogP contribution in [-0.4, -0.2) is 29.7 Å².